The van der Waals surface area contributed by atoms with Crippen LogP contribution < -0.4 is 0 Å². The van der Waals surface area contributed by atoms with Crippen LogP contribution >= 0.6 is 23.2 Å². The van der Waals surface area contributed by atoms with Crippen molar-refractivity contribution in [1.29, 1.82) is 0 Å². The largest absolute Gasteiger partial charge is 0.356 e. The van der Waals surface area contributed by atoms with Gasteiger partial charge in [-0.1, -0.05) is 29.3 Å². The maximum absolute atomic E-state index is 13.8. The Kier molecular flexibility index (Phi) is 6.03. The first-order valence-electron chi connectivity index (χ1n) is 12.3. The Hall–Kier alpha value is -2.48. The number of nitrogens with zero attached hydrogens (tertiary/aromatic N) is 5. The first-order chi connectivity index (χ1) is 17.0. The van der Waals surface area contributed by atoms with E-state index in [0.717, 1.165) is 67.8 Å². The number of rotatable bonds is 3. The van der Waals surface area contributed by atoms with E-state index < -0.39 is 0 Å². The molecule has 3 atom stereocenters. The molecule has 0 radical (unpaired) electrons. The average Bonchev–Trinajstić information content (AvgIpc) is 3.36. The van der Waals surface area contributed by atoms with E-state index in [2.05, 4.69) is 5.10 Å². The molecule has 0 N–H and O–H groups in total. The van der Waals surface area contributed by atoms with Crippen molar-refractivity contribution in [3.8, 4) is 11.4 Å². The monoisotopic (exact) mass is 511 g/mol. The fourth-order valence-electron chi connectivity index (χ4n) is 5.85. The maximum atomic E-state index is 13.8. The van der Waals surface area contributed by atoms with E-state index in [4.69, 9.17) is 37.9 Å². The number of aryl methyl sites for hydroxylation is 1. The zero-order valence-corrected chi connectivity index (χ0v) is 21.1. The van der Waals surface area contributed by atoms with Gasteiger partial charge in [-0.25, -0.2) is 14.6 Å². The van der Waals surface area contributed by atoms with Gasteiger partial charge in [0, 0.05) is 24.4 Å². The second-order valence-corrected chi connectivity index (χ2v) is 10.4. The highest BCUT2D eigenvalue weighted by Gasteiger charge is 2.43. The van der Waals surface area contributed by atoms with Crippen LogP contribution in [-0.4, -0.2) is 43.2 Å². The van der Waals surface area contributed by atoms with E-state index >= 15 is 0 Å². The lowest BCUT2D eigenvalue weighted by molar-refractivity contribution is -0.0384. The summed E-state index contributed by atoms with van der Waals surface area (Å²) >= 11 is 12.7. The quantitative estimate of drug-likeness (QED) is 0.434. The molecule has 3 aliphatic rings. The van der Waals surface area contributed by atoms with Crippen LogP contribution in [0.5, 0.6) is 0 Å². The molecule has 182 valence electrons. The van der Waals surface area contributed by atoms with Crippen molar-refractivity contribution >= 4 is 29.1 Å². The van der Waals surface area contributed by atoms with Crippen LogP contribution in [0.3, 0.4) is 0 Å². The Morgan fingerprint density at radius 3 is 2.80 bits per heavy atom. The molecule has 2 aromatic heterocycles. The summed E-state index contributed by atoms with van der Waals surface area (Å²) in [5.74, 6) is 0.601. The molecule has 2 fully saturated rings. The van der Waals surface area contributed by atoms with Gasteiger partial charge in [0.2, 0.25) is 0 Å². The molecule has 2 bridgehead atoms. The number of fused-ring (bicyclic) bond motifs is 4. The first kappa shape index (κ1) is 23.0. The molecule has 3 unspecified atom stereocenters. The summed E-state index contributed by atoms with van der Waals surface area (Å²) in [6.45, 7) is 2.66. The van der Waals surface area contributed by atoms with E-state index in [1.807, 2.05) is 28.8 Å². The van der Waals surface area contributed by atoms with Crippen LogP contribution in [0, 0.1) is 6.92 Å². The molecule has 0 aliphatic carbocycles. The van der Waals surface area contributed by atoms with Crippen LogP contribution in [0.1, 0.15) is 78.2 Å². The number of halogens is 2. The van der Waals surface area contributed by atoms with Gasteiger partial charge in [-0.2, -0.15) is 5.10 Å². The van der Waals surface area contributed by atoms with Crippen molar-refractivity contribution in [2.75, 3.05) is 6.61 Å². The molecule has 2 saturated heterocycles. The lowest BCUT2D eigenvalue weighted by Crippen LogP contribution is -2.50. The van der Waals surface area contributed by atoms with Crippen molar-refractivity contribution in [1.82, 2.24) is 24.6 Å². The number of carbonyl (C=O) groups is 1. The van der Waals surface area contributed by atoms with Crippen molar-refractivity contribution in [3.63, 3.8) is 0 Å². The first-order valence-corrected chi connectivity index (χ1v) is 13.1. The number of ether oxygens (including phenoxy) is 1. The maximum Gasteiger partial charge on any atom is 0.256 e. The lowest BCUT2D eigenvalue weighted by Gasteiger charge is -2.46. The Labute approximate surface area is 214 Å². The molecule has 6 rings (SSSR count). The van der Waals surface area contributed by atoms with Crippen molar-refractivity contribution in [2.24, 2.45) is 0 Å². The molecule has 0 saturated carbocycles. The van der Waals surface area contributed by atoms with Crippen LogP contribution in [0.2, 0.25) is 10.0 Å². The minimum Gasteiger partial charge on any atom is -0.356 e. The molecule has 3 aliphatic heterocycles. The van der Waals surface area contributed by atoms with Crippen LogP contribution in [0.4, 0.5) is 0 Å². The summed E-state index contributed by atoms with van der Waals surface area (Å²) in [5.41, 5.74) is 4.35. The third-order valence-electron chi connectivity index (χ3n) is 7.41. The zero-order chi connectivity index (χ0) is 24.1. The zero-order valence-electron chi connectivity index (χ0n) is 19.6. The molecule has 5 heterocycles. The smallest absolute Gasteiger partial charge is 0.256 e. The Bertz CT molecular complexity index is 1290. The number of aromatic nitrogens is 4. The van der Waals surface area contributed by atoms with E-state index in [-0.39, 0.29) is 24.2 Å². The van der Waals surface area contributed by atoms with Gasteiger partial charge in [-0.15, -0.1) is 0 Å². The molecule has 7 nitrogen and oxygen atoms in total. The van der Waals surface area contributed by atoms with E-state index in [0.29, 0.717) is 27.9 Å². The van der Waals surface area contributed by atoms with Crippen molar-refractivity contribution in [3.05, 3.63) is 63.2 Å². The molecular formula is C26H27Cl2N5O2. The summed E-state index contributed by atoms with van der Waals surface area (Å²) in [6.07, 6.45) is 8.41. The normalized spacial score (nSPS) is 23.7. The second-order valence-electron chi connectivity index (χ2n) is 9.58. The predicted molar refractivity (Wildman–Crippen MR) is 134 cm³/mol. The van der Waals surface area contributed by atoms with Gasteiger partial charge in [-0.05, 0) is 70.1 Å². The highest BCUT2D eigenvalue weighted by Crippen LogP contribution is 2.45. The van der Waals surface area contributed by atoms with Gasteiger partial charge in [0.05, 0.1) is 38.7 Å². The summed E-state index contributed by atoms with van der Waals surface area (Å²) in [5, 5.41) is 5.30. The third kappa shape index (κ3) is 3.94. The predicted octanol–water partition coefficient (Wildman–Crippen LogP) is 5.95. The van der Waals surface area contributed by atoms with E-state index in [1.165, 1.54) is 0 Å². The highest BCUT2D eigenvalue weighted by atomic mass is 35.5. The molecule has 0 spiro atoms. The standard InChI is InChI=1S/C26H27Cl2N5O2/c1-15-30-24-18(25(31-15)21-11-12-29-33(21)22-10-2-3-13-35-22)14-16-6-4-9-20(24)32(16)26(34)17-7-5-8-19(27)23(17)28/h5,7-8,11-12,16,20,22H,2-4,6,9-10,13-14H2,1H3. The third-order valence-corrected chi connectivity index (χ3v) is 8.23. The number of benzene rings is 1. The fourth-order valence-corrected chi connectivity index (χ4v) is 6.23. The van der Waals surface area contributed by atoms with Gasteiger partial charge >= 0.3 is 0 Å². The van der Waals surface area contributed by atoms with Gasteiger partial charge in [0.15, 0.2) is 6.23 Å². The summed E-state index contributed by atoms with van der Waals surface area (Å²) in [6, 6.07) is 7.17. The number of amides is 1. The SMILES string of the molecule is Cc1nc(-c2ccnn2C2CCCCO2)c2c(n1)C1CCCC(C2)N1C(=O)c1cccc(Cl)c1Cl. The number of hydrogen-bond donors (Lipinski definition) is 0. The minimum absolute atomic E-state index is 0.0520. The van der Waals surface area contributed by atoms with Crippen molar-refractivity contribution < 1.29 is 9.53 Å². The Balaban J connectivity index is 1.43. The molecule has 1 amide bonds. The van der Waals surface area contributed by atoms with Gasteiger partial charge in [0.1, 0.15) is 5.82 Å². The van der Waals surface area contributed by atoms with E-state index in [9.17, 15) is 4.79 Å². The Morgan fingerprint density at radius 1 is 1.09 bits per heavy atom. The summed E-state index contributed by atoms with van der Waals surface area (Å²) in [4.78, 5) is 25.5. The molecular weight excluding hydrogens is 485 g/mol. The number of carbonyl (C=O) groups excluding carboxylic acids is 1. The fraction of sp³-hybridized carbons (Fsp3) is 0.462. The molecule has 3 aromatic rings. The van der Waals surface area contributed by atoms with Gasteiger partial charge < -0.3 is 9.64 Å². The van der Waals surface area contributed by atoms with Crippen molar-refractivity contribution in [2.45, 2.75) is 70.2 Å². The topological polar surface area (TPSA) is 73.1 Å². The number of hydrogen-bond acceptors (Lipinski definition) is 5. The second kappa shape index (κ2) is 9.19. The summed E-state index contributed by atoms with van der Waals surface area (Å²) < 4.78 is 8.01. The van der Waals surface area contributed by atoms with Gasteiger partial charge in [-0.3, -0.25) is 4.79 Å². The van der Waals surface area contributed by atoms with E-state index in [1.54, 1.807) is 18.2 Å². The average molecular weight is 512 g/mol. The minimum atomic E-state index is -0.122. The van der Waals surface area contributed by atoms with Crippen LogP contribution in [0.15, 0.2) is 30.5 Å². The summed E-state index contributed by atoms with van der Waals surface area (Å²) in [7, 11) is 0. The molecule has 9 heteroatoms. The highest BCUT2D eigenvalue weighted by molar-refractivity contribution is 6.43. The lowest BCUT2D eigenvalue weighted by atomic mass is 9.81. The molecule has 35 heavy (non-hydrogen) atoms. The van der Waals surface area contributed by atoms with Crippen LogP contribution in [-0.2, 0) is 11.2 Å². The molecule has 1 aromatic carbocycles. The van der Waals surface area contributed by atoms with Crippen LogP contribution in [0.25, 0.3) is 11.4 Å². The number of piperidine rings is 1. The van der Waals surface area contributed by atoms with Gasteiger partial charge in [0.25, 0.3) is 5.91 Å². The Morgan fingerprint density at radius 2 is 1.97 bits per heavy atom.